The summed E-state index contributed by atoms with van der Waals surface area (Å²) in [5.41, 5.74) is 9.81. The number of hydrogen-bond acceptors (Lipinski definition) is 4. The van der Waals surface area contributed by atoms with Crippen molar-refractivity contribution in [3.8, 4) is 17.2 Å². The van der Waals surface area contributed by atoms with E-state index >= 15 is 0 Å². The molecule has 0 atom stereocenters. The third-order valence-corrected chi connectivity index (χ3v) is 3.25. The SMILES string of the molecule is C[Si](C)(C)C#Cc1cc(CN)cc(OS(=O)(=O)F)c1. The fraction of sp³-hybridized carbons (Fsp3) is 0.333. The van der Waals surface area contributed by atoms with Crippen LogP contribution in [0.25, 0.3) is 0 Å². The molecule has 2 N–H and O–H groups in total. The van der Waals surface area contributed by atoms with Crippen LogP contribution >= 0.6 is 0 Å². The van der Waals surface area contributed by atoms with Gasteiger partial charge in [0, 0.05) is 12.1 Å². The predicted octanol–water partition coefficient (Wildman–Crippen LogP) is 1.97. The molecule has 0 aliphatic heterocycles. The molecule has 0 aliphatic rings. The Morgan fingerprint density at radius 2 is 1.95 bits per heavy atom. The van der Waals surface area contributed by atoms with Crippen molar-refractivity contribution in [3.05, 3.63) is 29.3 Å². The van der Waals surface area contributed by atoms with Crippen molar-refractivity contribution in [3.63, 3.8) is 0 Å². The van der Waals surface area contributed by atoms with E-state index in [0.29, 0.717) is 11.1 Å². The first kappa shape index (κ1) is 15.7. The smallest absolute Gasteiger partial charge is 0.358 e. The fourth-order valence-electron chi connectivity index (χ4n) is 1.27. The van der Waals surface area contributed by atoms with Crippen LogP contribution in [0.1, 0.15) is 11.1 Å². The zero-order valence-corrected chi connectivity index (χ0v) is 12.8. The Morgan fingerprint density at radius 3 is 2.42 bits per heavy atom. The second-order valence-electron chi connectivity index (χ2n) is 5.05. The summed E-state index contributed by atoms with van der Waals surface area (Å²) in [6.07, 6.45) is 0. The van der Waals surface area contributed by atoms with Crippen molar-refractivity contribution in [2.45, 2.75) is 26.2 Å². The van der Waals surface area contributed by atoms with Gasteiger partial charge in [-0.3, -0.25) is 0 Å². The van der Waals surface area contributed by atoms with Crippen LogP contribution in [0.3, 0.4) is 0 Å². The highest BCUT2D eigenvalue weighted by Gasteiger charge is 2.11. The summed E-state index contributed by atoms with van der Waals surface area (Å²) >= 11 is 0. The van der Waals surface area contributed by atoms with E-state index in [0.717, 1.165) is 0 Å². The van der Waals surface area contributed by atoms with Crippen LogP contribution in [0.5, 0.6) is 5.75 Å². The lowest BCUT2D eigenvalue weighted by atomic mass is 10.1. The number of hydrogen-bond donors (Lipinski definition) is 1. The minimum atomic E-state index is -5.04. The molecule has 104 valence electrons. The first-order valence-electron chi connectivity index (χ1n) is 5.60. The van der Waals surface area contributed by atoms with E-state index in [2.05, 4.69) is 35.3 Å². The summed E-state index contributed by atoms with van der Waals surface area (Å²) in [6, 6.07) is 4.48. The molecule has 1 aromatic carbocycles. The van der Waals surface area contributed by atoms with Gasteiger partial charge in [0.05, 0.1) is 0 Å². The lowest BCUT2D eigenvalue weighted by Crippen LogP contribution is -2.16. The molecule has 0 fully saturated rings. The van der Waals surface area contributed by atoms with Gasteiger partial charge in [0.15, 0.2) is 0 Å². The van der Waals surface area contributed by atoms with Crippen molar-refractivity contribution >= 4 is 18.6 Å². The predicted molar refractivity (Wildman–Crippen MR) is 75.2 cm³/mol. The van der Waals surface area contributed by atoms with Gasteiger partial charge in [-0.25, -0.2) is 0 Å². The number of halogens is 1. The van der Waals surface area contributed by atoms with E-state index in [4.69, 9.17) is 5.73 Å². The molecule has 0 unspecified atom stereocenters. The second kappa shape index (κ2) is 5.73. The Bertz CT molecular complexity index is 627. The molecular formula is C12H16FNO3SSi. The molecule has 1 rings (SSSR count). The van der Waals surface area contributed by atoms with Crippen LogP contribution in [-0.4, -0.2) is 16.5 Å². The number of benzene rings is 1. The molecular weight excluding hydrogens is 285 g/mol. The van der Waals surface area contributed by atoms with Crippen LogP contribution in [0.2, 0.25) is 19.6 Å². The Balaban J connectivity index is 3.18. The normalized spacial score (nSPS) is 11.6. The summed E-state index contributed by atoms with van der Waals surface area (Å²) in [6.45, 7) is 6.42. The molecule has 0 spiro atoms. The van der Waals surface area contributed by atoms with Crippen molar-refractivity contribution in [1.82, 2.24) is 0 Å². The molecule has 0 heterocycles. The topological polar surface area (TPSA) is 69.4 Å². The van der Waals surface area contributed by atoms with Crippen molar-refractivity contribution in [1.29, 1.82) is 0 Å². The highest BCUT2D eigenvalue weighted by Crippen LogP contribution is 2.19. The molecule has 7 heteroatoms. The van der Waals surface area contributed by atoms with Gasteiger partial charge in [0.1, 0.15) is 13.8 Å². The Labute approximate surface area is 114 Å². The maximum Gasteiger partial charge on any atom is 0.488 e. The van der Waals surface area contributed by atoms with E-state index in [9.17, 15) is 12.3 Å². The Morgan fingerprint density at radius 1 is 1.32 bits per heavy atom. The summed E-state index contributed by atoms with van der Waals surface area (Å²) in [5.74, 6) is 2.82. The van der Waals surface area contributed by atoms with Crippen LogP contribution < -0.4 is 9.92 Å². The van der Waals surface area contributed by atoms with Gasteiger partial charge < -0.3 is 9.92 Å². The molecule has 0 bridgehead atoms. The highest BCUT2D eigenvalue weighted by molar-refractivity contribution is 7.81. The molecule has 0 radical (unpaired) electrons. The molecule has 0 amide bonds. The molecule has 0 aromatic heterocycles. The largest absolute Gasteiger partial charge is 0.488 e. The van der Waals surface area contributed by atoms with Gasteiger partial charge in [0.2, 0.25) is 0 Å². The van der Waals surface area contributed by atoms with E-state index < -0.39 is 18.6 Å². The lowest BCUT2D eigenvalue weighted by molar-refractivity contribution is 0.440. The van der Waals surface area contributed by atoms with Gasteiger partial charge in [-0.05, 0) is 23.8 Å². The summed E-state index contributed by atoms with van der Waals surface area (Å²) in [5, 5.41) is 0. The zero-order chi connectivity index (χ0) is 14.7. The van der Waals surface area contributed by atoms with Crippen molar-refractivity contribution in [2.75, 3.05) is 0 Å². The van der Waals surface area contributed by atoms with Gasteiger partial charge >= 0.3 is 10.5 Å². The van der Waals surface area contributed by atoms with E-state index in [-0.39, 0.29) is 12.3 Å². The first-order chi connectivity index (χ1) is 8.59. The maximum absolute atomic E-state index is 12.5. The third kappa shape index (κ3) is 6.38. The number of nitrogens with two attached hydrogens (primary N) is 1. The van der Waals surface area contributed by atoms with Gasteiger partial charge in [-0.1, -0.05) is 29.4 Å². The number of rotatable bonds is 3. The van der Waals surface area contributed by atoms with Gasteiger partial charge in [-0.2, -0.15) is 8.42 Å². The molecule has 0 saturated heterocycles. The molecule has 1 aromatic rings. The zero-order valence-electron chi connectivity index (χ0n) is 11.0. The van der Waals surface area contributed by atoms with Gasteiger partial charge in [0.25, 0.3) is 0 Å². The molecule has 4 nitrogen and oxygen atoms in total. The minimum Gasteiger partial charge on any atom is -0.358 e. The van der Waals surface area contributed by atoms with Crippen LogP contribution in [0.4, 0.5) is 3.89 Å². The average Bonchev–Trinajstić information content (AvgIpc) is 2.22. The quantitative estimate of drug-likeness (QED) is 0.526. The van der Waals surface area contributed by atoms with E-state index in [1.54, 1.807) is 6.07 Å². The minimum absolute atomic E-state index is 0.120. The summed E-state index contributed by atoms with van der Waals surface area (Å²) in [7, 11) is -6.60. The van der Waals surface area contributed by atoms with Crippen LogP contribution in [0.15, 0.2) is 18.2 Å². The molecule has 0 saturated carbocycles. The molecule has 19 heavy (non-hydrogen) atoms. The Kier molecular flexibility index (Phi) is 4.74. The van der Waals surface area contributed by atoms with Crippen molar-refractivity contribution in [2.24, 2.45) is 5.73 Å². The van der Waals surface area contributed by atoms with E-state index in [1.165, 1.54) is 12.1 Å². The lowest BCUT2D eigenvalue weighted by Gasteiger charge is -2.06. The Hall–Kier alpha value is -1.36. The fourth-order valence-corrected chi connectivity index (χ4v) is 2.12. The molecule has 0 aliphatic carbocycles. The summed E-state index contributed by atoms with van der Waals surface area (Å²) < 4.78 is 37.7. The van der Waals surface area contributed by atoms with Crippen molar-refractivity contribution < 1.29 is 16.5 Å². The average molecular weight is 301 g/mol. The van der Waals surface area contributed by atoms with Gasteiger partial charge in [-0.15, -0.1) is 5.54 Å². The van der Waals surface area contributed by atoms with Crippen LogP contribution in [0, 0.1) is 11.5 Å². The second-order valence-corrected chi connectivity index (χ2v) is 10.7. The standard InChI is InChI=1S/C12H16FNO3SSi/c1-19(2,3)5-4-10-6-11(9-14)8-12(7-10)17-18(13,15)16/h6-8H,9,14H2,1-3H3. The van der Waals surface area contributed by atoms with E-state index in [1.807, 2.05) is 0 Å². The van der Waals surface area contributed by atoms with Crippen LogP contribution in [-0.2, 0) is 17.0 Å². The third-order valence-electron chi connectivity index (χ3n) is 1.98. The first-order valence-corrected chi connectivity index (χ1v) is 10.4. The maximum atomic E-state index is 12.5. The summed E-state index contributed by atoms with van der Waals surface area (Å²) in [4.78, 5) is 0. The highest BCUT2D eigenvalue weighted by atomic mass is 32.3. The monoisotopic (exact) mass is 301 g/mol.